The highest BCUT2D eigenvalue weighted by Gasteiger charge is 2.33. The molecule has 1 heterocycles. The third-order valence-electron chi connectivity index (χ3n) is 5.78. The quantitative estimate of drug-likeness (QED) is 0.345. The minimum Gasteiger partial charge on any atom is -0.497 e. The lowest BCUT2D eigenvalue weighted by molar-refractivity contribution is -0.127. The Bertz CT molecular complexity index is 1350. The van der Waals surface area contributed by atoms with Gasteiger partial charge in [-0.25, -0.2) is 4.68 Å². The van der Waals surface area contributed by atoms with Crippen molar-refractivity contribution in [1.82, 2.24) is 20.3 Å². The number of amides is 2. The Morgan fingerprint density at radius 2 is 1.83 bits per heavy atom. The smallest absolute Gasteiger partial charge is 0.249 e. The Balaban J connectivity index is 1.79. The molecule has 1 atom stereocenters. The van der Waals surface area contributed by atoms with E-state index in [0.29, 0.717) is 35.7 Å². The second kappa shape index (κ2) is 11.5. The molecule has 0 saturated carbocycles. The van der Waals surface area contributed by atoms with Gasteiger partial charge in [0.05, 0.1) is 19.2 Å². The Hall–Kier alpha value is -4.24. The first-order valence-corrected chi connectivity index (χ1v) is 11.6. The molecule has 4 rings (SSSR count). The number of nitrogens with one attached hydrogen (secondary N) is 1. The number of aryl methyl sites for hydroxylation is 1. The Labute approximate surface area is 209 Å². The lowest BCUT2D eigenvalue weighted by Gasteiger charge is -2.32. The first-order chi connectivity index (χ1) is 17.5. The molecule has 0 fully saturated rings. The summed E-state index contributed by atoms with van der Waals surface area (Å²) in [6.07, 6.45) is 0. The largest absolute Gasteiger partial charge is 0.497 e. The summed E-state index contributed by atoms with van der Waals surface area (Å²) in [6, 6.07) is 21.1. The van der Waals surface area contributed by atoms with Crippen LogP contribution in [-0.4, -0.2) is 54.2 Å². The molecule has 0 aliphatic carbocycles. The Morgan fingerprint density at radius 3 is 2.61 bits per heavy atom. The Kier molecular flexibility index (Phi) is 7.92. The second-order valence-corrected chi connectivity index (χ2v) is 8.30. The number of carbonyl (C=O) groups excluding carboxylic acids is 2. The minimum absolute atomic E-state index is 0.0969. The van der Waals surface area contributed by atoms with E-state index in [-0.39, 0.29) is 18.4 Å². The van der Waals surface area contributed by atoms with Crippen molar-refractivity contribution in [3.8, 4) is 5.75 Å². The van der Waals surface area contributed by atoms with Gasteiger partial charge in [0.25, 0.3) is 0 Å². The summed E-state index contributed by atoms with van der Waals surface area (Å²) in [5.41, 5.74) is 3.59. The lowest BCUT2D eigenvalue weighted by Crippen LogP contribution is -2.46. The highest BCUT2D eigenvalue weighted by molar-refractivity contribution is 6.01. The van der Waals surface area contributed by atoms with Crippen molar-refractivity contribution in [2.45, 2.75) is 19.5 Å². The van der Waals surface area contributed by atoms with Gasteiger partial charge in [-0.1, -0.05) is 41.6 Å². The lowest BCUT2D eigenvalue weighted by atomic mass is 10.0. The molecular weight excluding hydrogens is 458 g/mol. The molecular formula is C27H29N5O4. The fourth-order valence-corrected chi connectivity index (χ4v) is 4.06. The standard InChI is InChI=1S/C27H29N5O4/c1-19-8-6-10-21(16-19)32(25(33)18-31-24-13-5-4-12-23(24)29-30-31)26(27(34)28-14-15-35-2)20-9-7-11-22(17-20)36-3/h4-13,16-17,26H,14-15,18H2,1-3H3,(H,28,34)/t26-/m0/s1. The summed E-state index contributed by atoms with van der Waals surface area (Å²) in [5.74, 6) is -0.0642. The van der Waals surface area contributed by atoms with Crippen molar-refractivity contribution < 1.29 is 19.1 Å². The van der Waals surface area contributed by atoms with Crippen LogP contribution in [0.3, 0.4) is 0 Å². The van der Waals surface area contributed by atoms with Gasteiger partial charge in [0, 0.05) is 19.3 Å². The maximum atomic E-state index is 14.0. The van der Waals surface area contributed by atoms with Crippen molar-refractivity contribution in [3.63, 3.8) is 0 Å². The summed E-state index contributed by atoms with van der Waals surface area (Å²) in [5, 5.41) is 11.2. The van der Waals surface area contributed by atoms with Crippen LogP contribution in [0.25, 0.3) is 11.0 Å². The van der Waals surface area contributed by atoms with Crippen molar-refractivity contribution >= 4 is 28.5 Å². The molecule has 1 N–H and O–H groups in total. The SMILES string of the molecule is COCCNC(=O)[C@H](c1cccc(OC)c1)N(C(=O)Cn1nnc2ccccc21)c1cccc(C)c1. The molecule has 9 nitrogen and oxygen atoms in total. The highest BCUT2D eigenvalue weighted by Crippen LogP contribution is 2.31. The molecule has 0 bridgehead atoms. The average Bonchev–Trinajstić information content (AvgIpc) is 3.29. The van der Waals surface area contributed by atoms with Crippen LogP contribution in [0.1, 0.15) is 17.2 Å². The predicted molar refractivity (Wildman–Crippen MR) is 137 cm³/mol. The van der Waals surface area contributed by atoms with Crippen LogP contribution in [0, 0.1) is 6.92 Å². The van der Waals surface area contributed by atoms with E-state index in [0.717, 1.165) is 11.1 Å². The van der Waals surface area contributed by atoms with E-state index in [4.69, 9.17) is 9.47 Å². The van der Waals surface area contributed by atoms with Crippen LogP contribution >= 0.6 is 0 Å². The summed E-state index contributed by atoms with van der Waals surface area (Å²) in [6.45, 7) is 2.50. The first-order valence-electron chi connectivity index (χ1n) is 11.6. The molecule has 0 radical (unpaired) electrons. The van der Waals surface area contributed by atoms with Crippen molar-refractivity contribution in [2.24, 2.45) is 0 Å². The molecule has 3 aromatic carbocycles. The Morgan fingerprint density at radius 1 is 1.03 bits per heavy atom. The van der Waals surface area contributed by atoms with Crippen molar-refractivity contribution in [3.05, 3.63) is 83.9 Å². The molecule has 2 amide bonds. The number of hydrogen-bond acceptors (Lipinski definition) is 6. The van der Waals surface area contributed by atoms with Gasteiger partial charge in [0.1, 0.15) is 23.9 Å². The molecule has 186 valence electrons. The number of rotatable bonds is 10. The van der Waals surface area contributed by atoms with Gasteiger partial charge in [-0.05, 0) is 54.4 Å². The molecule has 0 aliphatic rings. The normalized spacial score (nSPS) is 11.8. The summed E-state index contributed by atoms with van der Waals surface area (Å²) >= 11 is 0. The molecule has 9 heteroatoms. The zero-order valence-corrected chi connectivity index (χ0v) is 20.5. The fraction of sp³-hybridized carbons (Fsp3) is 0.259. The number of para-hydroxylation sites is 1. The molecule has 0 unspecified atom stereocenters. The number of aromatic nitrogens is 3. The maximum absolute atomic E-state index is 14.0. The van der Waals surface area contributed by atoms with E-state index < -0.39 is 6.04 Å². The molecule has 1 aromatic heterocycles. The van der Waals surface area contributed by atoms with Crippen LogP contribution < -0.4 is 15.0 Å². The van der Waals surface area contributed by atoms with Crippen LogP contribution in [0.2, 0.25) is 0 Å². The van der Waals surface area contributed by atoms with Crippen molar-refractivity contribution in [2.75, 3.05) is 32.3 Å². The summed E-state index contributed by atoms with van der Waals surface area (Å²) in [4.78, 5) is 29.1. The van der Waals surface area contributed by atoms with Gasteiger partial charge in [-0.3, -0.25) is 14.5 Å². The monoisotopic (exact) mass is 487 g/mol. The average molecular weight is 488 g/mol. The summed E-state index contributed by atoms with van der Waals surface area (Å²) < 4.78 is 12.1. The molecule has 4 aromatic rings. The molecule has 0 aliphatic heterocycles. The topological polar surface area (TPSA) is 98.6 Å². The number of carbonyl (C=O) groups is 2. The molecule has 0 saturated heterocycles. The van der Waals surface area contributed by atoms with Gasteiger partial charge < -0.3 is 14.8 Å². The van der Waals surface area contributed by atoms with E-state index in [1.54, 1.807) is 37.1 Å². The van der Waals surface area contributed by atoms with E-state index in [9.17, 15) is 9.59 Å². The number of benzene rings is 3. The second-order valence-electron chi connectivity index (χ2n) is 8.30. The zero-order chi connectivity index (χ0) is 25.5. The zero-order valence-electron chi connectivity index (χ0n) is 20.5. The number of hydrogen-bond donors (Lipinski definition) is 1. The van der Waals surface area contributed by atoms with E-state index >= 15 is 0 Å². The highest BCUT2D eigenvalue weighted by atomic mass is 16.5. The molecule has 36 heavy (non-hydrogen) atoms. The number of ether oxygens (including phenoxy) is 2. The third kappa shape index (κ3) is 5.52. The van der Waals surface area contributed by atoms with Crippen LogP contribution in [-0.2, 0) is 20.9 Å². The van der Waals surface area contributed by atoms with Gasteiger partial charge in [0.2, 0.25) is 11.8 Å². The van der Waals surface area contributed by atoms with Crippen molar-refractivity contribution in [1.29, 1.82) is 0 Å². The maximum Gasteiger partial charge on any atom is 0.249 e. The fourth-order valence-electron chi connectivity index (χ4n) is 4.06. The number of methoxy groups -OCH3 is 2. The number of anilines is 1. The predicted octanol–water partition coefficient (Wildman–Crippen LogP) is 3.29. The summed E-state index contributed by atoms with van der Waals surface area (Å²) in [7, 11) is 3.13. The van der Waals surface area contributed by atoms with Crippen LogP contribution in [0.15, 0.2) is 72.8 Å². The van der Waals surface area contributed by atoms with Gasteiger partial charge in [0.15, 0.2) is 0 Å². The van der Waals surface area contributed by atoms with E-state index in [2.05, 4.69) is 15.6 Å². The minimum atomic E-state index is -0.957. The number of fused-ring (bicyclic) bond motifs is 1. The van der Waals surface area contributed by atoms with Gasteiger partial charge >= 0.3 is 0 Å². The van der Waals surface area contributed by atoms with Crippen LogP contribution in [0.4, 0.5) is 5.69 Å². The van der Waals surface area contributed by atoms with E-state index in [1.807, 2.05) is 61.5 Å². The number of nitrogens with zero attached hydrogens (tertiary/aromatic N) is 4. The third-order valence-corrected chi connectivity index (χ3v) is 5.78. The first kappa shape index (κ1) is 24.9. The van der Waals surface area contributed by atoms with Crippen LogP contribution in [0.5, 0.6) is 5.75 Å². The van der Waals surface area contributed by atoms with Gasteiger partial charge in [-0.2, -0.15) is 0 Å². The van der Waals surface area contributed by atoms with E-state index in [1.165, 1.54) is 4.90 Å². The van der Waals surface area contributed by atoms with Gasteiger partial charge in [-0.15, -0.1) is 5.10 Å². The molecule has 0 spiro atoms.